The molecule has 2 rings (SSSR count). The van der Waals surface area contributed by atoms with Crippen LogP contribution in [-0.4, -0.2) is 22.4 Å². The van der Waals surface area contributed by atoms with Gasteiger partial charge in [0.2, 0.25) is 11.9 Å². The molecule has 0 saturated carbocycles. The summed E-state index contributed by atoms with van der Waals surface area (Å²) >= 11 is 0. The van der Waals surface area contributed by atoms with Crippen LogP contribution in [0.3, 0.4) is 0 Å². The number of hydrogen-bond donors (Lipinski definition) is 4. The van der Waals surface area contributed by atoms with Crippen molar-refractivity contribution in [3.05, 3.63) is 5.69 Å². The Labute approximate surface area is 80.1 Å². The van der Waals surface area contributed by atoms with Crippen LogP contribution in [0.5, 0.6) is 0 Å². The van der Waals surface area contributed by atoms with E-state index in [-0.39, 0.29) is 12.5 Å². The van der Waals surface area contributed by atoms with Gasteiger partial charge in [0, 0.05) is 0 Å². The molecule has 7 nitrogen and oxygen atoms in total. The fourth-order valence-electron chi connectivity index (χ4n) is 1.26. The van der Waals surface area contributed by atoms with Crippen LogP contribution >= 0.6 is 0 Å². The van der Waals surface area contributed by atoms with Crippen molar-refractivity contribution in [2.75, 3.05) is 22.6 Å². The number of anilines is 3. The van der Waals surface area contributed by atoms with Gasteiger partial charge in [-0.2, -0.15) is 4.98 Å². The molecule has 1 aliphatic heterocycles. The molecule has 2 heterocycles. The van der Waals surface area contributed by atoms with Crippen molar-refractivity contribution < 1.29 is 4.79 Å². The number of nitrogens with one attached hydrogen (secondary N) is 3. The Morgan fingerprint density at radius 3 is 3.00 bits per heavy atom. The van der Waals surface area contributed by atoms with Crippen LogP contribution in [-0.2, 0) is 4.79 Å². The highest BCUT2D eigenvalue weighted by Crippen LogP contribution is 2.25. The predicted octanol–water partition coefficient (Wildman–Crippen LogP) is -0.565. The van der Waals surface area contributed by atoms with E-state index in [9.17, 15) is 4.79 Å². The maximum absolute atomic E-state index is 11.1. The van der Waals surface area contributed by atoms with Gasteiger partial charge in [0.25, 0.3) is 0 Å². The van der Waals surface area contributed by atoms with Crippen LogP contribution in [0.2, 0.25) is 0 Å². The normalized spacial score (nSPS) is 14.0. The number of aryl methyl sites for hydroxylation is 1. The second-order valence-corrected chi connectivity index (χ2v) is 2.90. The second-order valence-electron chi connectivity index (χ2n) is 2.90. The van der Waals surface area contributed by atoms with E-state index in [1.54, 1.807) is 6.92 Å². The number of hydrogen-bond acceptors (Lipinski definition) is 6. The zero-order valence-electron chi connectivity index (χ0n) is 7.59. The Morgan fingerprint density at radius 1 is 1.50 bits per heavy atom. The molecule has 0 spiro atoms. The van der Waals surface area contributed by atoms with E-state index >= 15 is 0 Å². The van der Waals surface area contributed by atoms with Gasteiger partial charge in [-0.15, -0.1) is 0 Å². The van der Waals surface area contributed by atoms with Crippen LogP contribution in [0.4, 0.5) is 17.5 Å². The van der Waals surface area contributed by atoms with Crippen LogP contribution < -0.4 is 21.9 Å². The number of aromatic nitrogens is 2. The lowest BCUT2D eigenvalue weighted by atomic mass is 10.3. The summed E-state index contributed by atoms with van der Waals surface area (Å²) in [5, 5.41) is 5.55. The molecule has 0 saturated heterocycles. The standard InChI is InChI=1S/C7H10N6O/c1-3-5-6(9-2-4(14)11-5)12-7(10-3)13-8/h2,8H2,1H3,(H,11,14)(H2,9,10,12,13). The number of fused-ring (bicyclic) bond motifs is 1. The number of nitrogens with two attached hydrogens (primary N) is 1. The van der Waals surface area contributed by atoms with Crippen molar-refractivity contribution in [1.82, 2.24) is 9.97 Å². The van der Waals surface area contributed by atoms with Gasteiger partial charge < -0.3 is 10.6 Å². The van der Waals surface area contributed by atoms with Gasteiger partial charge in [-0.25, -0.2) is 10.8 Å². The number of rotatable bonds is 1. The third-order valence-corrected chi connectivity index (χ3v) is 1.90. The fraction of sp³-hybridized carbons (Fsp3) is 0.286. The molecule has 74 valence electrons. The zero-order valence-corrected chi connectivity index (χ0v) is 7.59. The van der Waals surface area contributed by atoms with Gasteiger partial charge in [0.05, 0.1) is 12.2 Å². The van der Waals surface area contributed by atoms with Gasteiger partial charge in [0.15, 0.2) is 5.82 Å². The minimum atomic E-state index is -0.0994. The molecule has 1 aromatic rings. The molecule has 0 fully saturated rings. The second kappa shape index (κ2) is 3.11. The molecule has 7 heteroatoms. The molecule has 1 aromatic heterocycles. The smallest absolute Gasteiger partial charge is 0.243 e. The summed E-state index contributed by atoms with van der Waals surface area (Å²) in [7, 11) is 0. The average Bonchev–Trinajstić information content (AvgIpc) is 2.19. The van der Waals surface area contributed by atoms with Gasteiger partial charge in [0.1, 0.15) is 5.69 Å². The lowest BCUT2D eigenvalue weighted by molar-refractivity contribution is -0.114. The minimum absolute atomic E-state index is 0.0994. The Balaban J connectivity index is 2.48. The summed E-state index contributed by atoms with van der Waals surface area (Å²) in [6.45, 7) is 1.99. The van der Waals surface area contributed by atoms with Crippen molar-refractivity contribution in [2.24, 2.45) is 5.84 Å². The van der Waals surface area contributed by atoms with Crippen molar-refractivity contribution in [3.63, 3.8) is 0 Å². The van der Waals surface area contributed by atoms with Gasteiger partial charge in [-0.05, 0) is 6.92 Å². The topological polar surface area (TPSA) is 105 Å². The van der Waals surface area contributed by atoms with E-state index in [4.69, 9.17) is 5.84 Å². The molecule has 0 bridgehead atoms. The molecule has 1 amide bonds. The lowest BCUT2D eigenvalue weighted by Gasteiger charge is -2.19. The number of nitrogen functional groups attached to an aromatic ring is 1. The van der Waals surface area contributed by atoms with Crippen LogP contribution in [0, 0.1) is 6.92 Å². The van der Waals surface area contributed by atoms with Crippen LogP contribution in [0.25, 0.3) is 0 Å². The summed E-state index contributed by atoms with van der Waals surface area (Å²) in [6.07, 6.45) is 0. The average molecular weight is 194 g/mol. The molecule has 0 unspecified atom stereocenters. The first-order valence-corrected chi connectivity index (χ1v) is 4.09. The summed E-state index contributed by atoms with van der Waals surface area (Å²) in [4.78, 5) is 19.2. The van der Waals surface area contributed by atoms with Crippen molar-refractivity contribution in [3.8, 4) is 0 Å². The highest BCUT2D eigenvalue weighted by molar-refractivity contribution is 6.00. The predicted molar refractivity (Wildman–Crippen MR) is 51.7 cm³/mol. The SMILES string of the molecule is Cc1nc(NN)nc2c1NC(=O)CN2. The first kappa shape index (κ1) is 8.70. The monoisotopic (exact) mass is 194 g/mol. The highest BCUT2D eigenvalue weighted by atomic mass is 16.2. The van der Waals surface area contributed by atoms with E-state index in [0.29, 0.717) is 23.1 Å². The van der Waals surface area contributed by atoms with E-state index in [1.165, 1.54) is 0 Å². The molecule has 14 heavy (non-hydrogen) atoms. The van der Waals surface area contributed by atoms with Crippen LogP contribution in [0.1, 0.15) is 5.69 Å². The maximum Gasteiger partial charge on any atom is 0.243 e. The van der Waals surface area contributed by atoms with Gasteiger partial charge in [-0.1, -0.05) is 0 Å². The van der Waals surface area contributed by atoms with E-state index in [2.05, 4.69) is 26.0 Å². The van der Waals surface area contributed by atoms with Crippen molar-refractivity contribution in [2.45, 2.75) is 6.92 Å². The molecule has 0 aliphatic carbocycles. The number of amides is 1. The maximum atomic E-state index is 11.1. The summed E-state index contributed by atoms with van der Waals surface area (Å²) < 4.78 is 0. The Kier molecular flexibility index (Phi) is 1.93. The molecular formula is C7H10N6O. The highest BCUT2D eigenvalue weighted by Gasteiger charge is 2.18. The minimum Gasteiger partial charge on any atom is -0.359 e. The summed E-state index contributed by atoms with van der Waals surface area (Å²) in [5.74, 6) is 6.00. The largest absolute Gasteiger partial charge is 0.359 e. The Bertz CT molecular complexity index is 390. The summed E-state index contributed by atoms with van der Waals surface area (Å²) in [6, 6.07) is 0. The third kappa shape index (κ3) is 1.33. The molecule has 5 N–H and O–H groups in total. The fourth-order valence-corrected chi connectivity index (χ4v) is 1.26. The van der Waals surface area contributed by atoms with Crippen molar-refractivity contribution in [1.29, 1.82) is 0 Å². The van der Waals surface area contributed by atoms with Gasteiger partial charge in [-0.3, -0.25) is 10.2 Å². The molecule has 1 aliphatic rings. The zero-order chi connectivity index (χ0) is 10.1. The number of hydrazine groups is 1. The van der Waals surface area contributed by atoms with E-state index < -0.39 is 0 Å². The van der Waals surface area contributed by atoms with Gasteiger partial charge >= 0.3 is 0 Å². The van der Waals surface area contributed by atoms with E-state index in [1.807, 2.05) is 0 Å². The Hall–Kier alpha value is -1.89. The summed E-state index contributed by atoms with van der Waals surface area (Å²) in [5.41, 5.74) is 3.64. The first-order valence-electron chi connectivity index (χ1n) is 4.09. The molecule has 0 atom stereocenters. The van der Waals surface area contributed by atoms with E-state index in [0.717, 1.165) is 0 Å². The molecule has 0 radical (unpaired) electrons. The molecule has 0 aromatic carbocycles. The molecular weight excluding hydrogens is 184 g/mol. The number of nitrogens with zero attached hydrogens (tertiary/aromatic N) is 2. The lowest BCUT2D eigenvalue weighted by Crippen LogP contribution is -2.29. The quantitative estimate of drug-likeness (QED) is 0.352. The number of carbonyl (C=O) groups excluding carboxylic acids is 1. The first-order chi connectivity index (χ1) is 6.70. The third-order valence-electron chi connectivity index (χ3n) is 1.90. The van der Waals surface area contributed by atoms with Crippen molar-refractivity contribution >= 4 is 23.4 Å². The Morgan fingerprint density at radius 2 is 2.29 bits per heavy atom. The van der Waals surface area contributed by atoms with Crippen LogP contribution in [0.15, 0.2) is 0 Å². The number of carbonyl (C=O) groups is 1.